The molecule has 27 heavy (non-hydrogen) atoms. The minimum Gasteiger partial charge on any atom is -0.357 e. The molecule has 0 saturated carbocycles. The number of hydrazone groups is 1. The standard InChI is InChI=1S/C21H18FN3S2/c22-18-8-4-7-16(11-18)20-12-19(17-9-10-27-14-17)24-25(20)21(26)23-13-15-5-2-1-3-6-15/h1-11,14,20H,12-13H2,(H,23,26)/t20-/m1/s1. The van der Waals surface area contributed by atoms with Crippen LogP contribution in [0.4, 0.5) is 4.39 Å². The summed E-state index contributed by atoms with van der Waals surface area (Å²) in [4.78, 5) is 0. The first-order chi connectivity index (χ1) is 13.2. The maximum absolute atomic E-state index is 13.8. The molecule has 0 saturated heterocycles. The molecule has 0 amide bonds. The van der Waals surface area contributed by atoms with Gasteiger partial charge < -0.3 is 5.32 Å². The van der Waals surface area contributed by atoms with E-state index in [4.69, 9.17) is 17.3 Å². The summed E-state index contributed by atoms with van der Waals surface area (Å²) in [5, 5.41) is 14.5. The highest BCUT2D eigenvalue weighted by atomic mass is 32.1. The first kappa shape index (κ1) is 17.8. The fraction of sp³-hybridized carbons (Fsp3) is 0.143. The largest absolute Gasteiger partial charge is 0.357 e. The van der Waals surface area contributed by atoms with Crippen LogP contribution in [0, 0.1) is 5.82 Å². The second-order valence-electron chi connectivity index (χ2n) is 6.32. The van der Waals surface area contributed by atoms with Gasteiger partial charge in [-0.1, -0.05) is 42.5 Å². The summed E-state index contributed by atoms with van der Waals surface area (Å²) in [6.45, 7) is 0.620. The monoisotopic (exact) mass is 395 g/mol. The number of rotatable bonds is 4. The highest BCUT2D eigenvalue weighted by molar-refractivity contribution is 7.80. The van der Waals surface area contributed by atoms with Gasteiger partial charge >= 0.3 is 0 Å². The van der Waals surface area contributed by atoms with Gasteiger partial charge in [-0.05, 0) is 52.3 Å². The van der Waals surface area contributed by atoms with Crippen molar-refractivity contribution in [3.05, 3.63) is 93.9 Å². The van der Waals surface area contributed by atoms with E-state index in [2.05, 4.69) is 16.8 Å². The van der Waals surface area contributed by atoms with E-state index in [0.717, 1.165) is 22.4 Å². The molecular weight excluding hydrogens is 377 g/mol. The van der Waals surface area contributed by atoms with Crippen LogP contribution in [0.25, 0.3) is 0 Å². The Morgan fingerprint density at radius 3 is 2.78 bits per heavy atom. The summed E-state index contributed by atoms with van der Waals surface area (Å²) < 4.78 is 13.8. The fourth-order valence-corrected chi connectivity index (χ4v) is 4.03. The van der Waals surface area contributed by atoms with E-state index < -0.39 is 0 Å². The van der Waals surface area contributed by atoms with Gasteiger partial charge in [0.2, 0.25) is 0 Å². The number of nitrogens with one attached hydrogen (secondary N) is 1. The van der Waals surface area contributed by atoms with E-state index in [1.54, 1.807) is 28.5 Å². The molecule has 0 radical (unpaired) electrons. The van der Waals surface area contributed by atoms with Crippen LogP contribution in [0.1, 0.15) is 29.2 Å². The Balaban J connectivity index is 1.57. The minimum absolute atomic E-state index is 0.119. The van der Waals surface area contributed by atoms with Gasteiger partial charge in [-0.15, -0.1) is 0 Å². The number of hydrogen-bond acceptors (Lipinski definition) is 3. The van der Waals surface area contributed by atoms with Gasteiger partial charge in [-0.25, -0.2) is 9.40 Å². The predicted octanol–water partition coefficient (Wildman–Crippen LogP) is 5.11. The van der Waals surface area contributed by atoms with Crippen molar-refractivity contribution in [1.82, 2.24) is 10.3 Å². The molecule has 0 fully saturated rings. The van der Waals surface area contributed by atoms with Crippen molar-refractivity contribution in [1.29, 1.82) is 0 Å². The molecule has 1 aliphatic heterocycles. The molecule has 1 aromatic heterocycles. The molecule has 1 N–H and O–H groups in total. The maximum Gasteiger partial charge on any atom is 0.190 e. The third-order valence-electron chi connectivity index (χ3n) is 4.49. The lowest BCUT2D eigenvalue weighted by Gasteiger charge is -2.25. The van der Waals surface area contributed by atoms with Crippen LogP contribution in [-0.4, -0.2) is 15.8 Å². The Morgan fingerprint density at radius 1 is 1.19 bits per heavy atom. The Morgan fingerprint density at radius 2 is 2.04 bits per heavy atom. The van der Waals surface area contributed by atoms with Crippen molar-refractivity contribution in [2.45, 2.75) is 19.0 Å². The Hall–Kier alpha value is -2.57. The molecule has 1 aliphatic rings. The van der Waals surface area contributed by atoms with Gasteiger partial charge in [0.15, 0.2) is 5.11 Å². The zero-order valence-electron chi connectivity index (χ0n) is 14.5. The van der Waals surface area contributed by atoms with Crippen LogP contribution in [0.5, 0.6) is 0 Å². The van der Waals surface area contributed by atoms with Gasteiger partial charge in [0.1, 0.15) is 5.82 Å². The summed E-state index contributed by atoms with van der Waals surface area (Å²) >= 11 is 7.26. The topological polar surface area (TPSA) is 27.6 Å². The zero-order valence-corrected chi connectivity index (χ0v) is 16.1. The minimum atomic E-state index is -0.250. The van der Waals surface area contributed by atoms with Gasteiger partial charge in [-0.3, -0.25) is 0 Å². The molecule has 3 nitrogen and oxygen atoms in total. The lowest BCUT2D eigenvalue weighted by Crippen LogP contribution is -2.36. The fourth-order valence-electron chi connectivity index (χ4n) is 3.13. The summed E-state index contributed by atoms with van der Waals surface area (Å²) in [5.41, 5.74) is 4.07. The normalized spacial score (nSPS) is 16.3. The van der Waals surface area contributed by atoms with Gasteiger partial charge in [0, 0.05) is 18.5 Å². The first-order valence-corrected chi connectivity index (χ1v) is 10.0. The molecule has 0 bridgehead atoms. The smallest absolute Gasteiger partial charge is 0.190 e. The maximum atomic E-state index is 13.8. The van der Waals surface area contributed by atoms with Crippen LogP contribution in [0.2, 0.25) is 0 Å². The van der Waals surface area contributed by atoms with Crippen LogP contribution < -0.4 is 5.32 Å². The zero-order chi connectivity index (χ0) is 18.6. The van der Waals surface area contributed by atoms with Gasteiger partial charge in [0.25, 0.3) is 0 Å². The van der Waals surface area contributed by atoms with Crippen LogP contribution >= 0.6 is 23.6 Å². The van der Waals surface area contributed by atoms with E-state index >= 15 is 0 Å². The van der Waals surface area contributed by atoms with Crippen molar-refractivity contribution in [3.8, 4) is 0 Å². The molecule has 0 unspecified atom stereocenters. The average Bonchev–Trinajstić information content (AvgIpc) is 3.36. The van der Waals surface area contributed by atoms with Crippen molar-refractivity contribution in [2.24, 2.45) is 5.10 Å². The number of thiocarbonyl (C=S) groups is 1. The summed E-state index contributed by atoms with van der Waals surface area (Å²) in [6.07, 6.45) is 0.688. The van der Waals surface area contributed by atoms with Crippen LogP contribution in [0.3, 0.4) is 0 Å². The second kappa shape index (κ2) is 7.98. The summed E-state index contributed by atoms with van der Waals surface area (Å²) in [7, 11) is 0. The Labute approximate surface area is 167 Å². The SMILES string of the molecule is Fc1cccc([C@H]2CC(c3ccsc3)=NN2C(=S)NCc2ccccc2)c1. The molecule has 0 aliphatic carbocycles. The highest BCUT2D eigenvalue weighted by Crippen LogP contribution is 2.33. The number of benzene rings is 2. The number of halogens is 1. The van der Waals surface area contributed by atoms with Crippen molar-refractivity contribution < 1.29 is 4.39 Å². The van der Waals surface area contributed by atoms with E-state index in [0.29, 0.717) is 18.1 Å². The molecule has 6 heteroatoms. The van der Waals surface area contributed by atoms with Gasteiger partial charge in [0.05, 0.1) is 11.8 Å². The third kappa shape index (κ3) is 4.07. The number of hydrogen-bond donors (Lipinski definition) is 1. The van der Waals surface area contributed by atoms with Crippen LogP contribution in [-0.2, 0) is 6.54 Å². The van der Waals surface area contributed by atoms with E-state index in [-0.39, 0.29) is 11.9 Å². The van der Waals surface area contributed by atoms with E-state index in [9.17, 15) is 4.39 Å². The number of thiophene rings is 1. The van der Waals surface area contributed by atoms with Crippen molar-refractivity contribution in [3.63, 3.8) is 0 Å². The van der Waals surface area contributed by atoms with Gasteiger partial charge in [-0.2, -0.15) is 16.4 Å². The molecule has 3 aromatic rings. The van der Waals surface area contributed by atoms with Crippen LogP contribution in [0.15, 0.2) is 76.5 Å². The molecular formula is C21H18FN3S2. The Kier molecular flexibility index (Phi) is 5.27. The quantitative estimate of drug-likeness (QED) is 0.622. The molecule has 2 heterocycles. The highest BCUT2D eigenvalue weighted by Gasteiger charge is 2.31. The third-order valence-corrected chi connectivity index (χ3v) is 5.51. The molecule has 2 aromatic carbocycles. The van der Waals surface area contributed by atoms with E-state index in [1.807, 2.05) is 41.8 Å². The molecule has 136 valence electrons. The predicted molar refractivity (Wildman–Crippen MR) is 112 cm³/mol. The number of nitrogens with zero attached hydrogens (tertiary/aromatic N) is 2. The molecule has 1 atom stereocenters. The lowest BCUT2D eigenvalue weighted by atomic mass is 10.00. The molecule has 0 spiro atoms. The first-order valence-electron chi connectivity index (χ1n) is 8.67. The van der Waals surface area contributed by atoms with Crippen molar-refractivity contribution in [2.75, 3.05) is 0 Å². The lowest BCUT2D eigenvalue weighted by molar-refractivity contribution is 0.362. The Bertz CT molecular complexity index is 955. The van der Waals surface area contributed by atoms with Crippen molar-refractivity contribution >= 4 is 34.4 Å². The average molecular weight is 396 g/mol. The summed E-state index contributed by atoms with van der Waals surface area (Å²) in [5.74, 6) is -0.250. The second-order valence-corrected chi connectivity index (χ2v) is 7.49. The molecule has 4 rings (SSSR count). The summed E-state index contributed by atoms with van der Waals surface area (Å²) in [6, 6.07) is 18.7. The van der Waals surface area contributed by atoms with E-state index in [1.165, 1.54) is 6.07 Å².